The Labute approximate surface area is 333 Å². The highest BCUT2D eigenvalue weighted by atomic mass is 16.5. The molecule has 3 rings (SSSR count). The average Bonchev–Trinajstić information content (AvgIpc) is 3.50. The molecule has 2 heterocycles. The number of carboxylic acids is 1. The third kappa shape index (κ3) is 15.1. The third-order valence-corrected chi connectivity index (χ3v) is 10.0. The molecule has 57 heavy (non-hydrogen) atoms. The van der Waals surface area contributed by atoms with E-state index in [2.05, 4.69) is 15.6 Å². The number of para-hydroxylation sites is 1. The van der Waals surface area contributed by atoms with Gasteiger partial charge in [0.2, 0.25) is 17.7 Å². The summed E-state index contributed by atoms with van der Waals surface area (Å²) >= 11 is 0. The summed E-state index contributed by atoms with van der Waals surface area (Å²) in [4.78, 5) is 80.5. The number of aliphatic carboxylic acids is 1. The van der Waals surface area contributed by atoms with Gasteiger partial charge in [-0.2, -0.15) is 0 Å². The van der Waals surface area contributed by atoms with Crippen LogP contribution in [0.25, 0.3) is 0 Å². The zero-order chi connectivity index (χ0) is 41.9. The summed E-state index contributed by atoms with van der Waals surface area (Å²) in [6.07, 6.45) is 8.52. The van der Waals surface area contributed by atoms with Gasteiger partial charge in [-0.05, 0) is 83.3 Å². The number of nitrogens with one attached hydrogen (secondary N) is 2. The number of nitrogens with zero attached hydrogens (tertiary/aromatic N) is 3. The number of rotatable bonds is 23. The van der Waals surface area contributed by atoms with E-state index in [0.29, 0.717) is 47.8 Å². The lowest BCUT2D eigenvalue weighted by Gasteiger charge is -2.27. The standard InChI is InChI=1S/C40H59N5O12/c1-4-32(26(2)36(50)41-29-19-14-17-25-45(55)39(29)52)57-40(53)30(42-37(51)35-27(3)56-38(43-35)28-18-12-13-21-31(28)46)20-15-16-24-44(54)33(47)22-10-8-6-5-7-9-11-23-34(48)49/h10,12-13,18,21-22,26-27,29-30,32,35,46,54-55H,4-9,11,14-17,19-20,23-25H2,1-3H3,(H,41,50)(H,42,51)(H,48,49). The number of carbonyl (C=O) groups excluding carboxylic acids is 5. The number of carboxylic acid groups (broad SMARTS) is 1. The summed E-state index contributed by atoms with van der Waals surface area (Å²) < 4.78 is 11.6. The predicted molar refractivity (Wildman–Crippen MR) is 206 cm³/mol. The number of phenols is 1. The van der Waals surface area contributed by atoms with Gasteiger partial charge in [-0.1, -0.05) is 51.3 Å². The van der Waals surface area contributed by atoms with Crippen molar-refractivity contribution < 1.29 is 58.9 Å². The second kappa shape index (κ2) is 23.9. The first kappa shape index (κ1) is 46.4. The number of hydroxylamine groups is 4. The van der Waals surface area contributed by atoms with E-state index in [0.717, 1.165) is 25.7 Å². The Hall–Kier alpha value is -5.03. The molecule has 6 atom stereocenters. The van der Waals surface area contributed by atoms with E-state index in [-0.39, 0.29) is 56.8 Å². The van der Waals surface area contributed by atoms with Crippen molar-refractivity contribution >= 4 is 41.5 Å². The summed E-state index contributed by atoms with van der Waals surface area (Å²) in [5.41, 5.74) is 0.300. The van der Waals surface area contributed by atoms with E-state index in [9.17, 15) is 44.3 Å². The molecule has 1 aromatic rings. The zero-order valence-electron chi connectivity index (χ0n) is 33.1. The molecule has 4 amide bonds. The maximum Gasteiger partial charge on any atom is 0.328 e. The van der Waals surface area contributed by atoms with E-state index < -0.39 is 71.8 Å². The Morgan fingerprint density at radius 2 is 1.79 bits per heavy atom. The zero-order valence-corrected chi connectivity index (χ0v) is 33.1. The van der Waals surface area contributed by atoms with Crippen LogP contribution in [0.3, 0.4) is 0 Å². The fourth-order valence-corrected chi connectivity index (χ4v) is 6.53. The Bertz CT molecular complexity index is 1590. The van der Waals surface area contributed by atoms with Crippen LogP contribution in [0.2, 0.25) is 0 Å². The molecule has 1 aromatic carbocycles. The first-order valence-electron chi connectivity index (χ1n) is 20.0. The Morgan fingerprint density at radius 1 is 1.07 bits per heavy atom. The molecule has 6 N–H and O–H groups in total. The van der Waals surface area contributed by atoms with Crippen LogP contribution in [0.1, 0.15) is 116 Å². The molecule has 1 fully saturated rings. The Kier molecular flexibility index (Phi) is 19.4. The van der Waals surface area contributed by atoms with E-state index in [1.54, 1.807) is 45.0 Å². The van der Waals surface area contributed by atoms with Gasteiger partial charge in [-0.15, -0.1) is 0 Å². The molecule has 0 aromatic heterocycles. The fourth-order valence-electron chi connectivity index (χ4n) is 6.53. The molecular formula is C40H59N5O12. The van der Waals surface area contributed by atoms with Gasteiger partial charge in [0.05, 0.1) is 11.5 Å². The minimum atomic E-state index is -1.21. The van der Waals surface area contributed by atoms with Gasteiger partial charge >= 0.3 is 11.9 Å². The molecule has 2 aliphatic rings. The van der Waals surface area contributed by atoms with Crippen molar-refractivity contribution in [2.75, 3.05) is 13.1 Å². The van der Waals surface area contributed by atoms with Crippen molar-refractivity contribution in [3.63, 3.8) is 0 Å². The van der Waals surface area contributed by atoms with Gasteiger partial charge in [-0.25, -0.2) is 19.9 Å². The van der Waals surface area contributed by atoms with Crippen LogP contribution in [0.5, 0.6) is 5.75 Å². The first-order chi connectivity index (χ1) is 27.2. The summed E-state index contributed by atoms with van der Waals surface area (Å²) in [5.74, 6) is -4.93. The average molecular weight is 802 g/mol. The number of hydrogen-bond acceptors (Lipinski definition) is 12. The maximum atomic E-state index is 13.7. The highest BCUT2D eigenvalue weighted by molar-refractivity contribution is 6.01. The molecule has 0 aliphatic carbocycles. The summed E-state index contributed by atoms with van der Waals surface area (Å²) in [5, 5.41) is 45.8. The highest BCUT2D eigenvalue weighted by Crippen LogP contribution is 2.25. The normalized spacial score (nSPS) is 19.8. The monoisotopic (exact) mass is 801 g/mol. The minimum absolute atomic E-state index is 0.0484. The van der Waals surface area contributed by atoms with Gasteiger partial charge in [0.25, 0.3) is 11.8 Å². The lowest BCUT2D eigenvalue weighted by Crippen LogP contribution is -2.51. The quantitative estimate of drug-likeness (QED) is 0.0302. The largest absolute Gasteiger partial charge is 0.507 e. The summed E-state index contributed by atoms with van der Waals surface area (Å²) in [6.45, 7) is 5.02. The SMILES string of the molecule is CCC(OC(=O)C(CCCCN(O)C(=O)C=CCCCCCCCC(=O)O)NC(=O)C1N=C(c2ccccc2O)OC1C)C(C)C(=O)NC1CCCCN(O)C1=O. The topological polar surface area (TPSA) is 245 Å². The number of aliphatic imine (C=N–C) groups is 1. The molecule has 316 valence electrons. The number of phenolic OH excluding ortho intramolecular Hbond substituents is 1. The molecule has 0 spiro atoms. The van der Waals surface area contributed by atoms with E-state index >= 15 is 0 Å². The molecule has 0 bridgehead atoms. The van der Waals surface area contributed by atoms with E-state index in [1.165, 1.54) is 12.1 Å². The lowest BCUT2D eigenvalue weighted by atomic mass is 10.00. The molecule has 2 aliphatic heterocycles. The summed E-state index contributed by atoms with van der Waals surface area (Å²) in [6, 6.07) is 3.16. The lowest BCUT2D eigenvalue weighted by molar-refractivity contribution is -0.167. The maximum absolute atomic E-state index is 13.7. The van der Waals surface area contributed by atoms with Crippen molar-refractivity contribution in [2.45, 2.75) is 141 Å². The van der Waals surface area contributed by atoms with Crippen LogP contribution in [0.4, 0.5) is 0 Å². The molecule has 0 radical (unpaired) electrons. The van der Waals surface area contributed by atoms with E-state index in [4.69, 9.17) is 14.6 Å². The second-order valence-corrected chi connectivity index (χ2v) is 14.5. The fraction of sp³-hybridized carbons (Fsp3) is 0.625. The smallest absolute Gasteiger partial charge is 0.328 e. The number of hydrogen-bond donors (Lipinski definition) is 6. The van der Waals surface area contributed by atoms with Crippen molar-refractivity contribution in [3.05, 3.63) is 42.0 Å². The van der Waals surface area contributed by atoms with Crippen molar-refractivity contribution in [2.24, 2.45) is 10.9 Å². The number of amides is 4. The van der Waals surface area contributed by atoms with Crippen LogP contribution in [0.15, 0.2) is 41.4 Å². The Balaban J connectivity index is 1.61. The third-order valence-electron chi connectivity index (χ3n) is 10.0. The van der Waals surface area contributed by atoms with Crippen LogP contribution in [0, 0.1) is 5.92 Å². The molecular weight excluding hydrogens is 742 g/mol. The van der Waals surface area contributed by atoms with Crippen LogP contribution in [-0.2, 0) is 38.2 Å². The first-order valence-corrected chi connectivity index (χ1v) is 20.0. The second-order valence-electron chi connectivity index (χ2n) is 14.5. The minimum Gasteiger partial charge on any atom is -0.507 e. The van der Waals surface area contributed by atoms with Gasteiger partial charge in [-0.3, -0.25) is 34.4 Å². The number of ether oxygens (including phenoxy) is 2. The van der Waals surface area contributed by atoms with Crippen LogP contribution < -0.4 is 10.6 Å². The summed E-state index contributed by atoms with van der Waals surface area (Å²) in [7, 11) is 0. The van der Waals surface area contributed by atoms with Gasteiger partial charge in [0.1, 0.15) is 30.0 Å². The van der Waals surface area contributed by atoms with Crippen molar-refractivity contribution in [1.82, 2.24) is 20.8 Å². The van der Waals surface area contributed by atoms with Gasteiger partial charge in [0, 0.05) is 25.6 Å². The predicted octanol–water partition coefficient (Wildman–Crippen LogP) is 4.01. The molecule has 0 saturated carbocycles. The van der Waals surface area contributed by atoms with Crippen LogP contribution >= 0.6 is 0 Å². The number of esters is 1. The van der Waals surface area contributed by atoms with Gasteiger partial charge in [0.15, 0.2) is 6.04 Å². The number of carbonyl (C=O) groups is 6. The Morgan fingerprint density at radius 3 is 2.51 bits per heavy atom. The van der Waals surface area contributed by atoms with Crippen molar-refractivity contribution in [3.8, 4) is 5.75 Å². The number of allylic oxidation sites excluding steroid dienone is 1. The molecule has 17 nitrogen and oxygen atoms in total. The van der Waals surface area contributed by atoms with Gasteiger partial charge < -0.3 is 30.3 Å². The molecule has 1 saturated heterocycles. The number of aromatic hydroxyl groups is 1. The highest BCUT2D eigenvalue weighted by Gasteiger charge is 2.38. The molecule has 17 heteroatoms. The van der Waals surface area contributed by atoms with Crippen molar-refractivity contribution in [1.29, 1.82) is 0 Å². The number of benzene rings is 1. The number of unbranched alkanes of at least 4 members (excludes halogenated alkanes) is 6. The van der Waals surface area contributed by atoms with E-state index in [1.807, 2.05) is 0 Å². The molecule has 6 unspecified atom stereocenters. The van der Waals surface area contributed by atoms with Crippen LogP contribution in [-0.4, -0.2) is 116 Å².